The molecule has 0 saturated heterocycles. The third kappa shape index (κ3) is 2.84. The highest BCUT2D eigenvalue weighted by Crippen LogP contribution is 2.29. The maximum Gasteiger partial charge on any atom is 0.434 e. The second kappa shape index (κ2) is 4.06. The van der Waals surface area contributed by atoms with E-state index in [1.54, 1.807) is 5.92 Å². The minimum absolute atomic E-state index is 0.531. The van der Waals surface area contributed by atoms with Crippen molar-refractivity contribution in [1.29, 1.82) is 0 Å². The summed E-state index contributed by atoms with van der Waals surface area (Å²) in [6.45, 7) is 0. The van der Waals surface area contributed by atoms with Gasteiger partial charge in [-0.05, 0) is 0 Å². The van der Waals surface area contributed by atoms with Crippen LogP contribution >= 0.6 is 0 Å². The Kier molecular flexibility index (Phi) is 2.99. The quantitative estimate of drug-likeness (QED) is 0.609. The number of primary amides is 1. The molecule has 0 aliphatic carbocycles. The largest absolute Gasteiger partial charge is 0.434 e. The zero-order chi connectivity index (χ0) is 12.3. The topological polar surface area (TPSA) is 94.9 Å². The fourth-order valence-corrected chi connectivity index (χ4v) is 0.832. The number of hydrogen-bond acceptors (Lipinski definition) is 4. The first kappa shape index (κ1) is 11.8. The van der Waals surface area contributed by atoms with Crippen LogP contribution in [0.25, 0.3) is 0 Å². The number of carbonyl (C=O) groups is 1. The average Bonchev–Trinajstić information content (AvgIpc) is 2.14. The van der Waals surface area contributed by atoms with Crippen molar-refractivity contribution in [2.75, 3.05) is 5.73 Å². The molecule has 84 valence electrons. The molecule has 0 aliphatic heterocycles. The van der Waals surface area contributed by atoms with Gasteiger partial charge in [-0.15, -0.1) is 0 Å². The Hall–Kier alpha value is -2.30. The van der Waals surface area contributed by atoms with Crippen molar-refractivity contribution in [1.82, 2.24) is 9.97 Å². The van der Waals surface area contributed by atoms with Gasteiger partial charge in [0.1, 0.15) is 0 Å². The van der Waals surface area contributed by atoms with Crippen LogP contribution in [-0.4, -0.2) is 15.9 Å². The molecule has 16 heavy (non-hydrogen) atoms. The number of nitrogen functional groups attached to an aromatic ring is 1. The lowest BCUT2D eigenvalue weighted by atomic mass is 10.2. The highest BCUT2D eigenvalue weighted by atomic mass is 19.4. The molecule has 1 amide bonds. The van der Waals surface area contributed by atoms with Crippen LogP contribution in [0.2, 0.25) is 0 Å². The first-order chi connectivity index (χ1) is 7.30. The van der Waals surface area contributed by atoms with E-state index in [0.29, 0.717) is 0 Å². The van der Waals surface area contributed by atoms with Crippen molar-refractivity contribution in [3.05, 3.63) is 17.5 Å². The number of halogens is 3. The van der Waals surface area contributed by atoms with Gasteiger partial charge in [0.25, 0.3) is 5.91 Å². The number of rotatable bonds is 0. The number of alkyl halides is 3. The van der Waals surface area contributed by atoms with Gasteiger partial charge in [-0.1, -0.05) is 5.92 Å². The van der Waals surface area contributed by atoms with E-state index in [1.807, 2.05) is 5.92 Å². The Bertz CT molecular complexity index is 486. The molecule has 0 atom stereocenters. The molecule has 5 nitrogen and oxygen atoms in total. The van der Waals surface area contributed by atoms with Gasteiger partial charge >= 0.3 is 6.18 Å². The molecular weight excluding hydrogens is 225 g/mol. The van der Waals surface area contributed by atoms with E-state index in [9.17, 15) is 18.0 Å². The van der Waals surface area contributed by atoms with Crippen LogP contribution in [0.5, 0.6) is 0 Å². The SMILES string of the molecule is NC(=O)C#Cc1cnc(N)nc1C(F)(F)F. The number of nitrogens with zero attached hydrogens (tertiary/aromatic N) is 2. The van der Waals surface area contributed by atoms with Gasteiger partial charge in [-0.2, -0.15) is 13.2 Å². The summed E-state index contributed by atoms with van der Waals surface area (Å²) in [6.07, 6.45) is -3.94. The molecule has 1 aromatic heterocycles. The van der Waals surface area contributed by atoms with Crippen LogP contribution < -0.4 is 11.5 Å². The molecule has 1 rings (SSSR count). The first-order valence-electron chi connectivity index (χ1n) is 3.82. The van der Waals surface area contributed by atoms with Crippen LogP contribution in [0.4, 0.5) is 19.1 Å². The van der Waals surface area contributed by atoms with Gasteiger partial charge in [0.2, 0.25) is 5.95 Å². The van der Waals surface area contributed by atoms with E-state index in [0.717, 1.165) is 6.20 Å². The van der Waals surface area contributed by atoms with E-state index in [1.165, 1.54) is 0 Å². The maximum absolute atomic E-state index is 12.4. The Morgan fingerprint density at radius 1 is 1.44 bits per heavy atom. The van der Waals surface area contributed by atoms with Crippen molar-refractivity contribution in [2.24, 2.45) is 5.73 Å². The van der Waals surface area contributed by atoms with Crippen molar-refractivity contribution < 1.29 is 18.0 Å². The molecule has 0 radical (unpaired) electrons. The lowest BCUT2D eigenvalue weighted by Crippen LogP contribution is -2.13. The zero-order valence-corrected chi connectivity index (χ0v) is 7.67. The predicted octanol–water partition coefficient (Wildman–Crippen LogP) is -0.0856. The number of anilines is 1. The third-order valence-electron chi connectivity index (χ3n) is 1.40. The van der Waals surface area contributed by atoms with Gasteiger partial charge in [-0.3, -0.25) is 4.79 Å². The molecule has 4 N–H and O–H groups in total. The van der Waals surface area contributed by atoms with Crippen LogP contribution in [-0.2, 0) is 11.0 Å². The molecule has 0 aromatic carbocycles. The molecule has 0 saturated carbocycles. The zero-order valence-electron chi connectivity index (χ0n) is 7.67. The maximum atomic E-state index is 12.4. The molecule has 0 spiro atoms. The first-order valence-corrected chi connectivity index (χ1v) is 3.82. The molecule has 0 fully saturated rings. The molecule has 0 unspecified atom stereocenters. The van der Waals surface area contributed by atoms with Crippen LogP contribution in [0.1, 0.15) is 11.3 Å². The smallest absolute Gasteiger partial charge is 0.368 e. The molecule has 1 heterocycles. The summed E-state index contributed by atoms with van der Waals surface area (Å²) in [5.74, 6) is 2.10. The standard InChI is InChI=1S/C8H5F3N4O/c9-8(10,11)6-4(1-2-5(12)16)3-14-7(13)15-6/h3H,(H2,12,16)(H2,13,14,15). The number of carbonyl (C=O) groups excluding carboxylic acids is 1. The second-order valence-corrected chi connectivity index (χ2v) is 2.60. The fourth-order valence-electron chi connectivity index (χ4n) is 0.832. The predicted molar refractivity (Wildman–Crippen MR) is 47.5 cm³/mol. The van der Waals surface area contributed by atoms with Gasteiger partial charge in [-0.25, -0.2) is 9.97 Å². The molecule has 0 bridgehead atoms. The summed E-state index contributed by atoms with van der Waals surface area (Å²) in [5, 5.41) is 0. The summed E-state index contributed by atoms with van der Waals surface area (Å²) < 4.78 is 37.3. The van der Waals surface area contributed by atoms with Crippen LogP contribution in [0.3, 0.4) is 0 Å². The van der Waals surface area contributed by atoms with Crippen LogP contribution in [0.15, 0.2) is 6.20 Å². The lowest BCUT2D eigenvalue weighted by molar-refractivity contribution is -0.141. The Balaban J connectivity index is 3.31. The summed E-state index contributed by atoms with van der Waals surface area (Å²) >= 11 is 0. The third-order valence-corrected chi connectivity index (χ3v) is 1.40. The second-order valence-electron chi connectivity index (χ2n) is 2.60. The monoisotopic (exact) mass is 230 g/mol. The Morgan fingerprint density at radius 3 is 2.56 bits per heavy atom. The number of hydrogen-bond donors (Lipinski definition) is 2. The van der Waals surface area contributed by atoms with Crippen molar-refractivity contribution in [3.8, 4) is 11.8 Å². The molecule has 8 heteroatoms. The van der Waals surface area contributed by atoms with Gasteiger partial charge < -0.3 is 11.5 Å². The Labute approximate surface area is 87.7 Å². The van der Waals surface area contributed by atoms with Crippen LogP contribution in [0, 0.1) is 11.8 Å². The number of amides is 1. The lowest BCUT2D eigenvalue weighted by Gasteiger charge is -2.07. The highest BCUT2D eigenvalue weighted by Gasteiger charge is 2.35. The highest BCUT2D eigenvalue weighted by molar-refractivity contribution is 5.92. The minimum atomic E-state index is -4.72. The fraction of sp³-hybridized carbons (Fsp3) is 0.125. The number of aromatic nitrogens is 2. The van der Waals surface area contributed by atoms with Gasteiger partial charge in [0.15, 0.2) is 5.69 Å². The van der Waals surface area contributed by atoms with Crippen molar-refractivity contribution in [2.45, 2.75) is 6.18 Å². The molecular formula is C8H5F3N4O. The minimum Gasteiger partial charge on any atom is -0.368 e. The summed E-state index contributed by atoms with van der Waals surface area (Å²) in [4.78, 5) is 16.7. The Morgan fingerprint density at radius 2 is 2.06 bits per heavy atom. The van der Waals surface area contributed by atoms with Gasteiger partial charge in [0.05, 0.1) is 5.56 Å². The van der Waals surface area contributed by atoms with Gasteiger partial charge in [0, 0.05) is 12.1 Å². The summed E-state index contributed by atoms with van der Waals surface area (Å²) in [7, 11) is 0. The van der Waals surface area contributed by atoms with E-state index in [2.05, 4.69) is 15.7 Å². The summed E-state index contributed by atoms with van der Waals surface area (Å²) in [5.41, 5.74) is 7.84. The summed E-state index contributed by atoms with van der Waals surface area (Å²) in [6, 6.07) is 0. The molecule has 1 aromatic rings. The molecule has 0 aliphatic rings. The van der Waals surface area contributed by atoms with E-state index in [-0.39, 0.29) is 0 Å². The van der Waals surface area contributed by atoms with Crippen molar-refractivity contribution in [3.63, 3.8) is 0 Å². The van der Waals surface area contributed by atoms with E-state index >= 15 is 0 Å². The normalized spacial score (nSPS) is 10.4. The number of nitrogens with two attached hydrogens (primary N) is 2. The van der Waals surface area contributed by atoms with E-state index < -0.39 is 29.3 Å². The average molecular weight is 230 g/mol. The van der Waals surface area contributed by atoms with Crippen molar-refractivity contribution >= 4 is 11.9 Å². The van der Waals surface area contributed by atoms with E-state index in [4.69, 9.17) is 5.73 Å².